The van der Waals surface area contributed by atoms with Gasteiger partial charge in [0.2, 0.25) is 0 Å². The van der Waals surface area contributed by atoms with Crippen LogP contribution in [0.5, 0.6) is 0 Å². The number of carbonyl (C=O) groups is 1. The monoisotopic (exact) mass is 353 g/mol. The summed E-state index contributed by atoms with van der Waals surface area (Å²) in [5.74, 6) is 5.31. The van der Waals surface area contributed by atoms with Crippen LogP contribution >= 0.6 is 27.3 Å². The van der Waals surface area contributed by atoms with Crippen molar-refractivity contribution < 1.29 is 4.79 Å². The van der Waals surface area contributed by atoms with Crippen LogP contribution in [0.4, 0.5) is 5.69 Å². The van der Waals surface area contributed by atoms with Gasteiger partial charge in [-0.2, -0.15) is 0 Å². The summed E-state index contributed by atoms with van der Waals surface area (Å²) >= 11 is 5.10. The van der Waals surface area contributed by atoms with Gasteiger partial charge < -0.3 is 10.7 Å². The van der Waals surface area contributed by atoms with E-state index in [2.05, 4.69) is 32.7 Å². The lowest BCUT2D eigenvalue weighted by atomic mass is 10.1. The number of nitrogen functional groups attached to an aromatic ring is 1. The number of hydrazine groups is 1. The van der Waals surface area contributed by atoms with Crippen LogP contribution in [0.25, 0.3) is 0 Å². The van der Waals surface area contributed by atoms with Crippen molar-refractivity contribution in [3.8, 4) is 0 Å². The number of nitrogens with two attached hydrogens (primary N) is 1. The molecule has 0 saturated carbocycles. The normalized spacial score (nSPS) is 10.3. The van der Waals surface area contributed by atoms with E-state index in [1.54, 1.807) is 17.4 Å². The molecule has 4 N–H and O–H groups in total. The highest BCUT2D eigenvalue weighted by atomic mass is 79.9. The van der Waals surface area contributed by atoms with Crippen molar-refractivity contribution in [2.24, 2.45) is 5.84 Å². The maximum Gasteiger partial charge on any atom is 0.253 e. The summed E-state index contributed by atoms with van der Waals surface area (Å²) in [5, 5.41) is 2.92. The Labute approximate surface area is 130 Å². The fourth-order valence-corrected chi connectivity index (χ4v) is 3.34. The minimum Gasteiger partial charge on any atom is -0.352 e. The average molecular weight is 354 g/mol. The summed E-state index contributed by atoms with van der Waals surface area (Å²) < 4.78 is 1.10. The van der Waals surface area contributed by atoms with Crippen LogP contribution < -0.4 is 16.6 Å². The first-order valence-corrected chi connectivity index (χ1v) is 7.81. The van der Waals surface area contributed by atoms with E-state index in [0.29, 0.717) is 17.8 Å². The van der Waals surface area contributed by atoms with E-state index in [0.717, 1.165) is 15.8 Å². The molecule has 0 spiro atoms. The number of benzene rings is 1. The van der Waals surface area contributed by atoms with Crippen LogP contribution in [0.3, 0.4) is 0 Å². The molecule has 4 nitrogen and oxygen atoms in total. The Kier molecular flexibility index (Phi) is 5.17. The molecule has 0 bridgehead atoms. The number of anilines is 1. The summed E-state index contributed by atoms with van der Waals surface area (Å²) in [6, 6.07) is 9.61. The van der Waals surface area contributed by atoms with Crippen LogP contribution in [-0.2, 0) is 6.42 Å². The Morgan fingerprint density at radius 3 is 2.80 bits per heavy atom. The van der Waals surface area contributed by atoms with Gasteiger partial charge in [0, 0.05) is 11.4 Å². The highest BCUT2D eigenvalue weighted by Gasteiger charge is 2.10. The molecule has 0 aliphatic heterocycles. The van der Waals surface area contributed by atoms with E-state index in [4.69, 9.17) is 5.84 Å². The van der Waals surface area contributed by atoms with E-state index in [-0.39, 0.29) is 5.91 Å². The molecule has 0 fully saturated rings. The number of nitrogens with one attached hydrogen (secondary N) is 2. The lowest BCUT2D eigenvalue weighted by Gasteiger charge is -2.10. The molecule has 6 heteroatoms. The Bertz CT molecular complexity index is 612. The summed E-state index contributed by atoms with van der Waals surface area (Å²) in [4.78, 5) is 13.4. The van der Waals surface area contributed by atoms with Gasteiger partial charge in [-0.05, 0) is 53.5 Å². The fourth-order valence-electron chi connectivity index (χ4n) is 1.85. The molecule has 0 saturated heterocycles. The number of thiophene rings is 1. The Balaban J connectivity index is 1.96. The van der Waals surface area contributed by atoms with Gasteiger partial charge >= 0.3 is 0 Å². The highest BCUT2D eigenvalue weighted by Crippen LogP contribution is 2.22. The molecule has 0 aliphatic rings. The van der Waals surface area contributed by atoms with E-state index in [9.17, 15) is 4.79 Å². The molecule has 1 aromatic heterocycles. The largest absolute Gasteiger partial charge is 0.352 e. The predicted molar refractivity (Wildman–Crippen MR) is 87.0 cm³/mol. The van der Waals surface area contributed by atoms with E-state index in [1.165, 1.54) is 4.88 Å². The number of amides is 1. The second-order valence-electron chi connectivity index (χ2n) is 4.41. The van der Waals surface area contributed by atoms with Gasteiger partial charge in [-0.25, -0.2) is 0 Å². The molecule has 0 radical (unpaired) electrons. The SMILES string of the molecule is Cc1ccc(NN)c(C(=O)NCCc2ccc(Br)s2)c1. The van der Waals surface area contributed by atoms with Gasteiger partial charge in [0.05, 0.1) is 15.0 Å². The number of rotatable bonds is 5. The Hall–Kier alpha value is -1.37. The zero-order valence-corrected chi connectivity index (χ0v) is 13.5. The van der Waals surface area contributed by atoms with Gasteiger partial charge in [0.25, 0.3) is 5.91 Å². The van der Waals surface area contributed by atoms with Crippen molar-refractivity contribution in [2.45, 2.75) is 13.3 Å². The van der Waals surface area contributed by atoms with Gasteiger partial charge in [0.1, 0.15) is 0 Å². The molecule has 2 rings (SSSR count). The fraction of sp³-hybridized carbons (Fsp3) is 0.214. The lowest BCUT2D eigenvalue weighted by molar-refractivity contribution is 0.0955. The molecule has 0 aliphatic carbocycles. The van der Waals surface area contributed by atoms with Gasteiger partial charge in [0.15, 0.2) is 0 Å². The third-order valence-electron chi connectivity index (χ3n) is 2.86. The molecule has 106 valence electrons. The minimum atomic E-state index is -0.114. The number of carbonyl (C=O) groups excluding carboxylic acids is 1. The van der Waals surface area contributed by atoms with Crippen molar-refractivity contribution >= 4 is 38.9 Å². The second-order valence-corrected chi connectivity index (χ2v) is 6.95. The second kappa shape index (κ2) is 6.88. The molecular formula is C14H16BrN3OS. The van der Waals surface area contributed by atoms with E-state index >= 15 is 0 Å². The summed E-state index contributed by atoms with van der Waals surface area (Å²) in [6.07, 6.45) is 0.819. The smallest absolute Gasteiger partial charge is 0.253 e. The van der Waals surface area contributed by atoms with Crippen molar-refractivity contribution in [1.29, 1.82) is 0 Å². The molecule has 0 atom stereocenters. The first kappa shape index (κ1) is 15.0. The summed E-state index contributed by atoms with van der Waals surface area (Å²) in [5.41, 5.74) is 4.78. The number of aryl methyl sites for hydroxylation is 1. The van der Waals surface area contributed by atoms with Crippen molar-refractivity contribution in [3.63, 3.8) is 0 Å². The zero-order chi connectivity index (χ0) is 14.5. The summed E-state index contributed by atoms with van der Waals surface area (Å²) in [6.45, 7) is 2.55. The first-order chi connectivity index (χ1) is 9.60. The lowest BCUT2D eigenvalue weighted by Crippen LogP contribution is -2.27. The molecular weight excluding hydrogens is 338 g/mol. The van der Waals surface area contributed by atoms with Crippen LogP contribution in [0.1, 0.15) is 20.8 Å². The maximum atomic E-state index is 12.2. The molecule has 1 heterocycles. The van der Waals surface area contributed by atoms with Crippen molar-refractivity contribution in [2.75, 3.05) is 12.0 Å². The third kappa shape index (κ3) is 3.82. The highest BCUT2D eigenvalue weighted by molar-refractivity contribution is 9.11. The minimum absolute atomic E-state index is 0.114. The van der Waals surface area contributed by atoms with E-state index < -0.39 is 0 Å². The van der Waals surface area contributed by atoms with Crippen LogP contribution in [-0.4, -0.2) is 12.5 Å². The quantitative estimate of drug-likeness (QED) is 0.571. The van der Waals surface area contributed by atoms with Crippen molar-refractivity contribution in [3.05, 3.63) is 50.1 Å². The topological polar surface area (TPSA) is 67.1 Å². The predicted octanol–water partition coefficient (Wildman–Crippen LogP) is 3.08. The zero-order valence-electron chi connectivity index (χ0n) is 11.1. The number of hydrogen-bond donors (Lipinski definition) is 3. The maximum absolute atomic E-state index is 12.2. The van der Waals surface area contributed by atoms with Crippen molar-refractivity contribution in [1.82, 2.24) is 5.32 Å². The molecule has 1 amide bonds. The number of hydrogen-bond acceptors (Lipinski definition) is 4. The number of halogens is 1. The molecule has 0 unspecified atom stereocenters. The van der Waals surface area contributed by atoms with Gasteiger partial charge in [-0.15, -0.1) is 11.3 Å². The average Bonchev–Trinajstić information content (AvgIpc) is 2.84. The Morgan fingerprint density at radius 1 is 1.35 bits per heavy atom. The third-order valence-corrected chi connectivity index (χ3v) is 4.54. The van der Waals surface area contributed by atoms with Crippen LogP contribution in [0, 0.1) is 6.92 Å². The molecule has 2 aromatic rings. The van der Waals surface area contributed by atoms with Crippen LogP contribution in [0.15, 0.2) is 34.1 Å². The summed E-state index contributed by atoms with van der Waals surface area (Å²) in [7, 11) is 0. The first-order valence-electron chi connectivity index (χ1n) is 6.20. The van der Waals surface area contributed by atoms with Gasteiger partial charge in [-0.3, -0.25) is 10.6 Å². The standard InChI is InChI=1S/C14H16BrN3OS/c1-9-2-4-12(18-16)11(8-9)14(19)17-7-6-10-3-5-13(15)20-10/h2-5,8,18H,6-7,16H2,1H3,(H,17,19). The van der Waals surface area contributed by atoms with Crippen LogP contribution in [0.2, 0.25) is 0 Å². The Morgan fingerprint density at radius 2 is 2.15 bits per heavy atom. The molecule has 20 heavy (non-hydrogen) atoms. The van der Waals surface area contributed by atoms with E-state index in [1.807, 2.05) is 25.1 Å². The van der Waals surface area contributed by atoms with Gasteiger partial charge in [-0.1, -0.05) is 11.6 Å². The molecule has 1 aromatic carbocycles.